The molecule has 3 aromatic rings. The molecule has 23 heavy (non-hydrogen) atoms. The first-order valence-electron chi connectivity index (χ1n) is 6.70. The van der Waals surface area contributed by atoms with Crippen LogP contribution in [0.1, 0.15) is 5.56 Å². The summed E-state index contributed by atoms with van der Waals surface area (Å²) in [6.45, 7) is 0. The van der Waals surface area contributed by atoms with E-state index in [1.165, 1.54) is 12.3 Å². The van der Waals surface area contributed by atoms with Crippen molar-refractivity contribution in [1.82, 2.24) is 9.97 Å². The van der Waals surface area contributed by atoms with Gasteiger partial charge in [-0.3, -0.25) is 0 Å². The molecule has 1 heterocycles. The fourth-order valence-electron chi connectivity index (χ4n) is 2.14. The molecule has 3 rings (SSSR count). The van der Waals surface area contributed by atoms with E-state index in [2.05, 4.69) is 9.97 Å². The molecule has 0 aliphatic heterocycles. The second-order valence-corrected chi connectivity index (χ2v) is 5.29. The van der Waals surface area contributed by atoms with Gasteiger partial charge in [0.25, 0.3) is 0 Å². The van der Waals surface area contributed by atoms with Gasteiger partial charge in [-0.25, -0.2) is 9.97 Å². The molecule has 0 saturated heterocycles. The van der Waals surface area contributed by atoms with E-state index in [4.69, 9.17) is 11.6 Å². The van der Waals surface area contributed by atoms with Crippen LogP contribution < -0.4 is 0 Å². The molecule has 0 amide bonds. The highest BCUT2D eigenvalue weighted by molar-refractivity contribution is 6.30. The van der Waals surface area contributed by atoms with Crippen molar-refractivity contribution in [3.8, 4) is 22.6 Å². The Balaban J connectivity index is 2.04. The number of alkyl halides is 3. The Morgan fingerprint density at radius 3 is 2.35 bits per heavy atom. The number of halogens is 4. The van der Waals surface area contributed by atoms with Crippen molar-refractivity contribution in [2.75, 3.05) is 0 Å². The summed E-state index contributed by atoms with van der Waals surface area (Å²) in [6, 6.07) is 13.7. The molecule has 116 valence electrons. The normalized spacial score (nSPS) is 11.5. The third-order valence-electron chi connectivity index (χ3n) is 3.22. The zero-order valence-corrected chi connectivity index (χ0v) is 12.4. The minimum Gasteiger partial charge on any atom is -0.237 e. The molecule has 0 unspecified atom stereocenters. The topological polar surface area (TPSA) is 25.8 Å². The van der Waals surface area contributed by atoms with Gasteiger partial charge in [0.1, 0.15) is 0 Å². The summed E-state index contributed by atoms with van der Waals surface area (Å²) >= 11 is 5.95. The van der Waals surface area contributed by atoms with Crippen LogP contribution in [-0.4, -0.2) is 9.97 Å². The summed E-state index contributed by atoms with van der Waals surface area (Å²) in [5.41, 5.74) is 0.943. The average Bonchev–Trinajstić information content (AvgIpc) is 2.54. The van der Waals surface area contributed by atoms with Crippen molar-refractivity contribution < 1.29 is 13.2 Å². The van der Waals surface area contributed by atoms with Gasteiger partial charge < -0.3 is 0 Å². The summed E-state index contributed by atoms with van der Waals surface area (Å²) in [6.07, 6.45) is -2.89. The number of hydrogen-bond donors (Lipinski definition) is 0. The van der Waals surface area contributed by atoms with Crippen LogP contribution in [0.4, 0.5) is 13.2 Å². The Bertz CT molecular complexity index is 847. The second-order valence-electron chi connectivity index (χ2n) is 4.85. The van der Waals surface area contributed by atoms with Gasteiger partial charge in [-0.05, 0) is 30.3 Å². The van der Waals surface area contributed by atoms with Gasteiger partial charge in [-0.15, -0.1) is 0 Å². The Kier molecular flexibility index (Phi) is 4.05. The maximum atomic E-state index is 12.8. The molecule has 2 nitrogen and oxygen atoms in total. The molecule has 0 aliphatic carbocycles. The smallest absolute Gasteiger partial charge is 0.237 e. The summed E-state index contributed by atoms with van der Waals surface area (Å²) in [7, 11) is 0. The van der Waals surface area contributed by atoms with Gasteiger partial charge in [0.15, 0.2) is 5.82 Å². The highest BCUT2D eigenvalue weighted by atomic mass is 35.5. The quantitative estimate of drug-likeness (QED) is 0.620. The van der Waals surface area contributed by atoms with Gasteiger partial charge >= 0.3 is 6.18 Å². The third kappa shape index (κ3) is 3.51. The molecule has 0 fully saturated rings. The number of hydrogen-bond acceptors (Lipinski definition) is 2. The van der Waals surface area contributed by atoms with E-state index in [1.807, 2.05) is 6.07 Å². The molecule has 1 aromatic heterocycles. The molecule has 0 bridgehead atoms. The highest BCUT2D eigenvalue weighted by Gasteiger charge is 2.30. The third-order valence-corrected chi connectivity index (χ3v) is 3.46. The molecule has 0 spiro atoms. The van der Waals surface area contributed by atoms with E-state index in [0.717, 1.165) is 17.7 Å². The summed E-state index contributed by atoms with van der Waals surface area (Å²) < 4.78 is 38.5. The van der Waals surface area contributed by atoms with Crippen molar-refractivity contribution in [2.24, 2.45) is 0 Å². The first-order valence-corrected chi connectivity index (χ1v) is 7.08. The number of nitrogens with zero attached hydrogens (tertiary/aromatic N) is 2. The van der Waals surface area contributed by atoms with Crippen LogP contribution in [-0.2, 0) is 6.18 Å². The Labute approximate surface area is 135 Å². The second kappa shape index (κ2) is 6.01. The monoisotopic (exact) mass is 334 g/mol. The van der Waals surface area contributed by atoms with Crippen LogP contribution in [0.25, 0.3) is 22.6 Å². The van der Waals surface area contributed by atoms with Crippen LogP contribution in [0.15, 0.2) is 60.8 Å². The van der Waals surface area contributed by atoms with Crippen LogP contribution in [0.2, 0.25) is 5.02 Å². The average molecular weight is 335 g/mol. The Morgan fingerprint density at radius 2 is 1.61 bits per heavy atom. The number of rotatable bonds is 2. The predicted octanol–water partition coefficient (Wildman–Crippen LogP) is 5.48. The minimum atomic E-state index is -4.40. The van der Waals surface area contributed by atoms with E-state index < -0.39 is 11.7 Å². The lowest BCUT2D eigenvalue weighted by Crippen LogP contribution is -2.04. The molecule has 2 aromatic carbocycles. The maximum absolute atomic E-state index is 12.8. The van der Waals surface area contributed by atoms with E-state index in [1.54, 1.807) is 30.3 Å². The fourth-order valence-corrected chi connectivity index (χ4v) is 2.33. The maximum Gasteiger partial charge on any atom is 0.416 e. The molecule has 6 heteroatoms. The number of aromatic nitrogens is 2. The standard InChI is InChI=1S/C17H10ClF3N2/c18-14-6-2-3-11(10-14)15-7-8-22-16(23-15)12-4-1-5-13(9-12)17(19,20)21/h1-10H. The molecule has 0 N–H and O–H groups in total. The van der Waals surface area contributed by atoms with Crippen molar-refractivity contribution >= 4 is 11.6 Å². The van der Waals surface area contributed by atoms with Gasteiger partial charge in [0.05, 0.1) is 11.3 Å². The van der Waals surface area contributed by atoms with Crippen LogP contribution in [0.3, 0.4) is 0 Å². The summed E-state index contributed by atoms with van der Waals surface area (Å²) in [5.74, 6) is 0.230. The first kappa shape index (κ1) is 15.5. The van der Waals surface area contributed by atoms with Gasteiger partial charge in [0, 0.05) is 22.3 Å². The zero-order chi connectivity index (χ0) is 16.4. The molecular formula is C17H10ClF3N2. The highest BCUT2D eigenvalue weighted by Crippen LogP contribution is 2.31. The van der Waals surface area contributed by atoms with Crippen molar-refractivity contribution in [3.05, 3.63) is 71.4 Å². The summed E-state index contributed by atoms with van der Waals surface area (Å²) in [4.78, 5) is 8.41. The molecule has 0 saturated carbocycles. The van der Waals surface area contributed by atoms with Crippen LogP contribution in [0.5, 0.6) is 0 Å². The van der Waals surface area contributed by atoms with Crippen LogP contribution >= 0.6 is 11.6 Å². The van der Waals surface area contributed by atoms with Gasteiger partial charge in [-0.2, -0.15) is 13.2 Å². The fraction of sp³-hybridized carbons (Fsp3) is 0.0588. The van der Waals surface area contributed by atoms with Crippen molar-refractivity contribution in [2.45, 2.75) is 6.18 Å². The lowest BCUT2D eigenvalue weighted by Gasteiger charge is -2.09. The lowest BCUT2D eigenvalue weighted by molar-refractivity contribution is -0.137. The zero-order valence-electron chi connectivity index (χ0n) is 11.7. The van der Waals surface area contributed by atoms with E-state index in [9.17, 15) is 13.2 Å². The van der Waals surface area contributed by atoms with E-state index in [-0.39, 0.29) is 5.82 Å². The van der Waals surface area contributed by atoms with E-state index >= 15 is 0 Å². The molecule has 0 aliphatic rings. The molecule has 0 radical (unpaired) electrons. The van der Waals surface area contributed by atoms with Gasteiger partial charge in [-0.1, -0.05) is 35.9 Å². The van der Waals surface area contributed by atoms with Crippen LogP contribution in [0, 0.1) is 0 Å². The molecule has 0 atom stereocenters. The largest absolute Gasteiger partial charge is 0.416 e. The van der Waals surface area contributed by atoms with E-state index in [0.29, 0.717) is 16.3 Å². The summed E-state index contributed by atoms with van der Waals surface area (Å²) in [5, 5.41) is 0.557. The first-order chi connectivity index (χ1) is 10.9. The number of benzene rings is 2. The van der Waals surface area contributed by atoms with Crippen molar-refractivity contribution in [1.29, 1.82) is 0 Å². The lowest BCUT2D eigenvalue weighted by atomic mass is 10.1. The predicted molar refractivity (Wildman–Crippen MR) is 82.9 cm³/mol. The Hall–Kier alpha value is -2.40. The molecular weight excluding hydrogens is 325 g/mol. The Morgan fingerprint density at radius 1 is 0.870 bits per heavy atom. The van der Waals surface area contributed by atoms with Gasteiger partial charge in [0.2, 0.25) is 0 Å². The minimum absolute atomic E-state index is 0.230. The SMILES string of the molecule is FC(F)(F)c1cccc(-c2nccc(-c3cccc(Cl)c3)n2)c1. The van der Waals surface area contributed by atoms with Crippen molar-refractivity contribution in [3.63, 3.8) is 0 Å².